The fourth-order valence-corrected chi connectivity index (χ4v) is 1.42. The van der Waals surface area contributed by atoms with Crippen LogP contribution in [0.15, 0.2) is 29.1 Å². The van der Waals surface area contributed by atoms with E-state index >= 15 is 0 Å². The normalized spacial score (nSPS) is 10.4. The third-order valence-electron chi connectivity index (χ3n) is 2.23. The molecule has 0 fully saturated rings. The molecule has 0 aliphatic heterocycles. The van der Waals surface area contributed by atoms with Crippen LogP contribution in [-0.4, -0.2) is 9.97 Å². The molecule has 0 saturated carbocycles. The number of nitrogens with zero attached hydrogens (tertiary/aromatic N) is 1. The van der Waals surface area contributed by atoms with Gasteiger partial charge in [0.05, 0.1) is 6.07 Å². The predicted octanol–water partition coefficient (Wildman–Crippen LogP) is 1.94. The van der Waals surface area contributed by atoms with E-state index in [2.05, 4.69) is 9.97 Å². The van der Waals surface area contributed by atoms with Gasteiger partial charge in [0, 0.05) is 11.6 Å². The van der Waals surface area contributed by atoms with Gasteiger partial charge in [0.1, 0.15) is 24.1 Å². The molecule has 0 spiro atoms. The van der Waals surface area contributed by atoms with E-state index in [1.807, 2.05) is 0 Å². The van der Waals surface area contributed by atoms with Crippen molar-refractivity contribution in [1.29, 1.82) is 0 Å². The van der Waals surface area contributed by atoms with Crippen LogP contribution in [0.4, 0.5) is 8.78 Å². The topological polar surface area (TPSA) is 55.0 Å². The lowest BCUT2D eigenvalue weighted by Crippen LogP contribution is -2.10. The molecule has 18 heavy (non-hydrogen) atoms. The Morgan fingerprint density at radius 2 is 2.11 bits per heavy atom. The molecule has 2 rings (SSSR count). The number of H-pyrrole nitrogens is 1. The highest BCUT2D eigenvalue weighted by Gasteiger charge is 2.06. The van der Waals surface area contributed by atoms with Gasteiger partial charge in [0.15, 0.2) is 0 Å². The van der Waals surface area contributed by atoms with Crippen molar-refractivity contribution in [3.63, 3.8) is 0 Å². The van der Waals surface area contributed by atoms with E-state index in [0.717, 1.165) is 18.2 Å². The number of aromatic amines is 1. The standard InChI is InChI=1S/C12H10F2N2O2/c1-7-15-11(17)5-12(16-7)18-6-8-2-3-9(13)4-10(8)14/h2-5H,6H2,1H3,(H,15,16,17). The Morgan fingerprint density at radius 1 is 1.33 bits per heavy atom. The number of halogens is 2. The van der Waals surface area contributed by atoms with Gasteiger partial charge in [-0.1, -0.05) is 0 Å². The summed E-state index contributed by atoms with van der Waals surface area (Å²) in [6.45, 7) is 1.48. The summed E-state index contributed by atoms with van der Waals surface area (Å²) in [5.74, 6) is -0.852. The van der Waals surface area contributed by atoms with Crippen LogP contribution in [0.5, 0.6) is 5.88 Å². The van der Waals surface area contributed by atoms with Crippen LogP contribution in [0.2, 0.25) is 0 Å². The smallest absolute Gasteiger partial charge is 0.254 e. The zero-order chi connectivity index (χ0) is 13.1. The maximum atomic E-state index is 13.3. The fraction of sp³-hybridized carbons (Fsp3) is 0.167. The van der Waals surface area contributed by atoms with Gasteiger partial charge in [-0.2, -0.15) is 0 Å². The third kappa shape index (κ3) is 2.91. The van der Waals surface area contributed by atoms with Gasteiger partial charge < -0.3 is 9.72 Å². The molecule has 0 bridgehead atoms. The van der Waals surface area contributed by atoms with Crippen molar-refractivity contribution < 1.29 is 13.5 Å². The number of ether oxygens (including phenoxy) is 1. The number of aryl methyl sites for hydroxylation is 1. The van der Waals surface area contributed by atoms with Crippen molar-refractivity contribution in [2.24, 2.45) is 0 Å². The molecular weight excluding hydrogens is 242 g/mol. The molecule has 0 aliphatic carbocycles. The second kappa shape index (κ2) is 4.95. The van der Waals surface area contributed by atoms with E-state index in [1.165, 1.54) is 6.07 Å². The van der Waals surface area contributed by atoms with E-state index in [4.69, 9.17) is 4.74 Å². The summed E-state index contributed by atoms with van der Waals surface area (Å²) in [6, 6.07) is 4.35. The molecule has 94 valence electrons. The summed E-state index contributed by atoms with van der Waals surface area (Å²) in [7, 11) is 0. The third-order valence-corrected chi connectivity index (χ3v) is 2.23. The van der Waals surface area contributed by atoms with Gasteiger partial charge in [-0.15, -0.1) is 0 Å². The van der Waals surface area contributed by atoms with Crippen LogP contribution in [0, 0.1) is 18.6 Å². The van der Waals surface area contributed by atoms with Gasteiger partial charge >= 0.3 is 0 Å². The van der Waals surface area contributed by atoms with Crippen molar-refractivity contribution >= 4 is 0 Å². The number of hydrogen-bond donors (Lipinski definition) is 1. The van der Waals surface area contributed by atoms with Gasteiger partial charge in [-0.05, 0) is 19.1 Å². The molecule has 1 N–H and O–H groups in total. The van der Waals surface area contributed by atoms with Crippen LogP contribution >= 0.6 is 0 Å². The molecule has 0 unspecified atom stereocenters. The van der Waals surface area contributed by atoms with E-state index in [0.29, 0.717) is 5.82 Å². The lowest BCUT2D eigenvalue weighted by Gasteiger charge is -2.06. The Hall–Kier alpha value is -2.24. The zero-order valence-electron chi connectivity index (χ0n) is 9.54. The minimum absolute atomic E-state index is 0.0972. The second-order valence-electron chi connectivity index (χ2n) is 3.69. The minimum atomic E-state index is -0.698. The summed E-state index contributed by atoms with van der Waals surface area (Å²) in [4.78, 5) is 17.5. The van der Waals surface area contributed by atoms with Crippen molar-refractivity contribution in [1.82, 2.24) is 9.97 Å². The maximum Gasteiger partial charge on any atom is 0.254 e. The van der Waals surface area contributed by atoms with Crippen LogP contribution in [0.1, 0.15) is 11.4 Å². The van der Waals surface area contributed by atoms with E-state index in [1.54, 1.807) is 6.92 Å². The van der Waals surface area contributed by atoms with E-state index in [-0.39, 0.29) is 23.6 Å². The SMILES string of the molecule is Cc1nc(OCc2ccc(F)cc2F)cc(=O)[nH]1. The van der Waals surface area contributed by atoms with Crippen molar-refractivity contribution in [2.45, 2.75) is 13.5 Å². The Kier molecular flexibility index (Phi) is 3.36. The second-order valence-corrected chi connectivity index (χ2v) is 3.69. The number of nitrogens with one attached hydrogen (secondary N) is 1. The number of hydrogen-bond acceptors (Lipinski definition) is 3. The maximum absolute atomic E-state index is 13.3. The van der Waals surface area contributed by atoms with E-state index in [9.17, 15) is 13.6 Å². The highest BCUT2D eigenvalue weighted by atomic mass is 19.1. The minimum Gasteiger partial charge on any atom is -0.472 e. The molecule has 1 aromatic carbocycles. The van der Waals surface area contributed by atoms with Gasteiger partial charge in [0.2, 0.25) is 5.88 Å². The first-order valence-electron chi connectivity index (χ1n) is 5.19. The van der Waals surface area contributed by atoms with E-state index < -0.39 is 11.6 Å². The van der Waals surface area contributed by atoms with Crippen LogP contribution in [0.3, 0.4) is 0 Å². The highest BCUT2D eigenvalue weighted by molar-refractivity contribution is 5.18. The summed E-state index contributed by atoms with van der Waals surface area (Å²) >= 11 is 0. The summed E-state index contributed by atoms with van der Waals surface area (Å²) < 4.78 is 31.2. The molecule has 1 aromatic heterocycles. The molecule has 0 atom stereocenters. The zero-order valence-corrected chi connectivity index (χ0v) is 9.54. The van der Waals surface area contributed by atoms with Gasteiger partial charge in [-0.3, -0.25) is 4.79 Å². The molecule has 4 nitrogen and oxygen atoms in total. The summed E-state index contributed by atoms with van der Waals surface area (Å²) in [5, 5.41) is 0. The first-order valence-corrected chi connectivity index (χ1v) is 5.19. The molecular formula is C12H10F2N2O2. The first kappa shape index (κ1) is 12.2. The van der Waals surface area contributed by atoms with Crippen molar-refractivity contribution in [2.75, 3.05) is 0 Å². The summed E-state index contributed by atoms with van der Waals surface area (Å²) in [6.07, 6.45) is 0. The number of benzene rings is 1. The largest absolute Gasteiger partial charge is 0.472 e. The van der Waals surface area contributed by atoms with Crippen molar-refractivity contribution in [3.05, 3.63) is 57.6 Å². The Bertz CT molecular complexity index is 626. The fourth-order valence-electron chi connectivity index (χ4n) is 1.42. The highest BCUT2D eigenvalue weighted by Crippen LogP contribution is 2.12. The van der Waals surface area contributed by atoms with Crippen LogP contribution in [-0.2, 0) is 6.61 Å². The Labute approximate surface area is 101 Å². The summed E-state index contributed by atoms with van der Waals surface area (Å²) in [5.41, 5.74) is -0.159. The average molecular weight is 252 g/mol. The van der Waals surface area contributed by atoms with Gasteiger partial charge in [0.25, 0.3) is 5.56 Å². The average Bonchev–Trinajstić information content (AvgIpc) is 2.26. The predicted molar refractivity (Wildman–Crippen MR) is 60.3 cm³/mol. The molecule has 6 heteroatoms. The van der Waals surface area contributed by atoms with Crippen molar-refractivity contribution in [3.8, 4) is 5.88 Å². The number of aromatic nitrogens is 2. The molecule has 1 heterocycles. The molecule has 0 radical (unpaired) electrons. The van der Waals surface area contributed by atoms with Crippen LogP contribution in [0.25, 0.3) is 0 Å². The number of rotatable bonds is 3. The lowest BCUT2D eigenvalue weighted by molar-refractivity contribution is 0.286. The molecule has 0 aliphatic rings. The Balaban J connectivity index is 2.13. The Morgan fingerprint density at radius 3 is 2.78 bits per heavy atom. The first-order chi connectivity index (χ1) is 8.54. The molecule has 0 amide bonds. The molecule has 2 aromatic rings. The monoisotopic (exact) mass is 252 g/mol. The van der Waals surface area contributed by atoms with Crippen LogP contribution < -0.4 is 10.3 Å². The quantitative estimate of drug-likeness (QED) is 0.908. The molecule has 0 saturated heterocycles. The van der Waals surface area contributed by atoms with Gasteiger partial charge in [-0.25, -0.2) is 13.8 Å². The lowest BCUT2D eigenvalue weighted by atomic mass is 10.2.